The number of morpholine rings is 1. The Kier molecular flexibility index (Phi) is 7.32. The van der Waals surface area contributed by atoms with Gasteiger partial charge in [-0.3, -0.25) is 4.79 Å². The molecule has 3 rings (SSSR count). The summed E-state index contributed by atoms with van der Waals surface area (Å²) in [7, 11) is 0. The molecule has 1 amide bonds. The van der Waals surface area contributed by atoms with E-state index in [0.29, 0.717) is 29.7 Å². The minimum Gasteiger partial charge on any atom is -0.482 e. The Hall–Kier alpha value is -2.77. The molecule has 154 valence electrons. The minimum atomic E-state index is -0.949. The van der Waals surface area contributed by atoms with Gasteiger partial charge < -0.3 is 24.4 Å². The molecule has 7 nitrogen and oxygen atoms in total. The van der Waals surface area contributed by atoms with Gasteiger partial charge in [-0.25, -0.2) is 4.79 Å². The number of hydrogen-bond donors (Lipinski definition) is 1. The fraction of sp³-hybridized carbons (Fsp3) is 0.333. The molecule has 0 spiro atoms. The number of esters is 1. The normalized spacial score (nSPS) is 14.8. The van der Waals surface area contributed by atoms with Gasteiger partial charge in [0.15, 0.2) is 12.7 Å². The number of ether oxygens (including phenoxy) is 3. The number of carbonyl (C=O) groups is 2. The number of nitrogens with zero attached hydrogens (tertiary/aromatic N) is 1. The molecular formula is C21H23ClN2O5. The molecule has 0 aromatic heterocycles. The van der Waals surface area contributed by atoms with Crippen molar-refractivity contribution in [3.8, 4) is 5.75 Å². The molecule has 2 aromatic carbocycles. The van der Waals surface area contributed by atoms with Gasteiger partial charge in [0.05, 0.1) is 13.2 Å². The molecule has 2 aromatic rings. The number of hydrogen-bond acceptors (Lipinski definition) is 6. The van der Waals surface area contributed by atoms with Crippen LogP contribution in [0.4, 0.5) is 11.4 Å². The Morgan fingerprint density at radius 1 is 1.10 bits per heavy atom. The van der Waals surface area contributed by atoms with E-state index in [4.69, 9.17) is 25.8 Å². The van der Waals surface area contributed by atoms with Crippen LogP contribution in [-0.2, 0) is 19.1 Å². The average molecular weight is 419 g/mol. The molecule has 1 N–H and O–H groups in total. The SMILES string of the molecule is C[C@@H](OC(=O)COc1ccc(Cl)cc1)C(=O)Nc1ccc(N2CCOCC2)cc1. The van der Waals surface area contributed by atoms with Gasteiger partial charge in [-0.05, 0) is 55.5 Å². The molecule has 0 aliphatic carbocycles. The Balaban J connectivity index is 1.44. The number of benzene rings is 2. The van der Waals surface area contributed by atoms with Gasteiger partial charge in [-0.15, -0.1) is 0 Å². The third-order valence-electron chi connectivity index (χ3n) is 4.36. The van der Waals surface area contributed by atoms with E-state index in [2.05, 4.69) is 10.2 Å². The molecule has 1 saturated heterocycles. The first-order valence-corrected chi connectivity index (χ1v) is 9.70. The van der Waals surface area contributed by atoms with E-state index in [1.165, 1.54) is 6.92 Å². The van der Waals surface area contributed by atoms with Crippen LogP contribution >= 0.6 is 11.6 Å². The number of amides is 1. The molecule has 0 saturated carbocycles. The quantitative estimate of drug-likeness (QED) is 0.696. The molecule has 0 bridgehead atoms. The lowest BCUT2D eigenvalue weighted by Gasteiger charge is -2.28. The minimum absolute atomic E-state index is 0.298. The summed E-state index contributed by atoms with van der Waals surface area (Å²) in [5.74, 6) is -0.557. The Morgan fingerprint density at radius 2 is 1.76 bits per heavy atom. The van der Waals surface area contributed by atoms with Gasteiger partial charge >= 0.3 is 5.97 Å². The summed E-state index contributed by atoms with van der Waals surface area (Å²) in [6.45, 7) is 4.32. The third kappa shape index (κ3) is 6.37. The maximum Gasteiger partial charge on any atom is 0.344 e. The van der Waals surface area contributed by atoms with Crippen molar-refractivity contribution in [3.63, 3.8) is 0 Å². The largest absolute Gasteiger partial charge is 0.482 e. The van der Waals surface area contributed by atoms with Gasteiger partial charge in [-0.1, -0.05) is 11.6 Å². The van der Waals surface area contributed by atoms with E-state index in [1.807, 2.05) is 24.3 Å². The lowest BCUT2D eigenvalue weighted by molar-refractivity contribution is -0.155. The van der Waals surface area contributed by atoms with Crippen molar-refractivity contribution < 1.29 is 23.8 Å². The predicted octanol–water partition coefficient (Wildman–Crippen LogP) is 3.13. The molecule has 1 heterocycles. The summed E-state index contributed by atoms with van der Waals surface area (Å²) >= 11 is 5.79. The van der Waals surface area contributed by atoms with Crippen LogP contribution < -0.4 is 15.0 Å². The topological polar surface area (TPSA) is 77.1 Å². The van der Waals surface area contributed by atoms with Crippen molar-refractivity contribution in [2.24, 2.45) is 0 Å². The second-order valence-corrected chi connectivity index (χ2v) is 6.95. The van der Waals surface area contributed by atoms with E-state index in [9.17, 15) is 9.59 Å². The van der Waals surface area contributed by atoms with Crippen molar-refractivity contribution in [1.29, 1.82) is 0 Å². The highest BCUT2D eigenvalue weighted by Gasteiger charge is 2.19. The number of rotatable bonds is 7. The van der Waals surface area contributed by atoms with Crippen LogP contribution in [0.2, 0.25) is 5.02 Å². The molecule has 29 heavy (non-hydrogen) atoms. The smallest absolute Gasteiger partial charge is 0.344 e. The van der Waals surface area contributed by atoms with E-state index < -0.39 is 18.0 Å². The Labute approximate surface area is 174 Å². The van der Waals surface area contributed by atoms with Crippen LogP contribution in [0.25, 0.3) is 0 Å². The van der Waals surface area contributed by atoms with E-state index >= 15 is 0 Å². The van der Waals surface area contributed by atoms with Crippen LogP contribution in [0, 0.1) is 0 Å². The summed E-state index contributed by atoms with van der Waals surface area (Å²) in [6, 6.07) is 14.1. The fourth-order valence-corrected chi connectivity index (χ4v) is 2.90. The molecule has 1 aliphatic rings. The van der Waals surface area contributed by atoms with Crippen LogP contribution in [0.15, 0.2) is 48.5 Å². The first kappa shape index (κ1) is 21.0. The number of halogens is 1. The highest BCUT2D eigenvalue weighted by Crippen LogP contribution is 2.19. The molecule has 1 aliphatic heterocycles. The van der Waals surface area contributed by atoms with Crippen molar-refractivity contribution in [3.05, 3.63) is 53.6 Å². The van der Waals surface area contributed by atoms with Crippen molar-refractivity contribution in [2.45, 2.75) is 13.0 Å². The van der Waals surface area contributed by atoms with Crippen LogP contribution in [0.5, 0.6) is 5.75 Å². The van der Waals surface area contributed by atoms with Crippen molar-refractivity contribution in [2.75, 3.05) is 43.1 Å². The van der Waals surface area contributed by atoms with Gasteiger partial charge in [0, 0.05) is 29.5 Å². The zero-order valence-electron chi connectivity index (χ0n) is 16.1. The molecule has 1 fully saturated rings. The second-order valence-electron chi connectivity index (χ2n) is 6.51. The fourth-order valence-electron chi connectivity index (χ4n) is 2.78. The molecule has 0 radical (unpaired) electrons. The van der Waals surface area contributed by atoms with Crippen LogP contribution in [-0.4, -0.2) is 50.9 Å². The third-order valence-corrected chi connectivity index (χ3v) is 4.61. The number of nitrogens with one attached hydrogen (secondary N) is 1. The highest BCUT2D eigenvalue weighted by molar-refractivity contribution is 6.30. The van der Waals surface area contributed by atoms with Crippen molar-refractivity contribution >= 4 is 34.9 Å². The lowest BCUT2D eigenvalue weighted by Crippen LogP contribution is -2.36. The average Bonchev–Trinajstić information content (AvgIpc) is 2.74. The molecule has 8 heteroatoms. The summed E-state index contributed by atoms with van der Waals surface area (Å²) in [4.78, 5) is 26.4. The molecule has 0 unspecified atom stereocenters. The summed E-state index contributed by atoms with van der Waals surface area (Å²) < 4.78 is 15.8. The standard InChI is InChI=1S/C21H23ClN2O5/c1-15(29-20(25)14-28-19-8-2-16(22)3-9-19)21(26)23-17-4-6-18(7-5-17)24-10-12-27-13-11-24/h2-9,15H,10-14H2,1H3,(H,23,26)/t15-/m1/s1. The zero-order chi connectivity index (χ0) is 20.6. The Bertz CT molecular complexity index is 820. The summed E-state index contributed by atoms with van der Waals surface area (Å²) in [6.07, 6.45) is -0.949. The maximum atomic E-state index is 12.3. The van der Waals surface area contributed by atoms with Gasteiger partial charge in [0.2, 0.25) is 0 Å². The van der Waals surface area contributed by atoms with Gasteiger partial charge in [0.25, 0.3) is 5.91 Å². The maximum absolute atomic E-state index is 12.3. The first-order chi connectivity index (χ1) is 14.0. The van der Waals surface area contributed by atoms with Gasteiger partial charge in [-0.2, -0.15) is 0 Å². The lowest BCUT2D eigenvalue weighted by atomic mass is 10.2. The molecular weight excluding hydrogens is 396 g/mol. The van der Waals surface area contributed by atoms with Crippen molar-refractivity contribution in [1.82, 2.24) is 0 Å². The summed E-state index contributed by atoms with van der Waals surface area (Å²) in [5.41, 5.74) is 1.71. The molecule has 1 atom stereocenters. The number of carbonyl (C=O) groups excluding carboxylic acids is 2. The monoisotopic (exact) mass is 418 g/mol. The first-order valence-electron chi connectivity index (χ1n) is 9.33. The highest BCUT2D eigenvalue weighted by atomic mass is 35.5. The van der Waals surface area contributed by atoms with Crippen LogP contribution in [0.1, 0.15) is 6.92 Å². The van der Waals surface area contributed by atoms with Gasteiger partial charge in [0.1, 0.15) is 5.75 Å². The second kappa shape index (κ2) is 10.1. The zero-order valence-corrected chi connectivity index (χ0v) is 16.9. The summed E-state index contributed by atoms with van der Waals surface area (Å²) in [5, 5.41) is 3.31. The van der Waals surface area contributed by atoms with E-state index in [1.54, 1.807) is 24.3 Å². The predicted molar refractivity (Wildman–Crippen MR) is 111 cm³/mol. The number of anilines is 2. The van der Waals surface area contributed by atoms with E-state index in [-0.39, 0.29) is 6.61 Å². The Morgan fingerprint density at radius 3 is 2.41 bits per heavy atom. The van der Waals surface area contributed by atoms with E-state index in [0.717, 1.165) is 18.8 Å². The van der Waals surface area contributed by atoms with Crippen LogP contribution in [0.3, 0.4) is 0 Å².